The lowest BCUT2D eigenvalue weighted by Crippen LogP contribution is -1.97. The lowest BCUT2D eigenvalue weighted by atomic mass is 10.1. The van der Waals surface area contributed by atoms with Gasteiger partial charge in [0.15, 0.2) is 0 Å². The summed E-state index contributed by atoms with van der Waals surface area (Å²) in [5, 5.41) is 0. The highest BCUT2D eigenvalue weighted by Gasteiger charge is 2.08. The van der Waals surface area contributed by atoms with Gasteiger partial charge in [-0.3, -0.25) is 4.57 Å². The van der Waals surface area contributed by atoms with Gasteiger partial charge in [0, 0.05) is 17.4 Å². The molecule has 0 radical (unpaired) electrons. The minimum absolute atomic E-state index is 0.520. The fourth-order valence-corrected chi connectivity index (χ4v) is 2.36. The van der Waals surface area contributed by atoms with Crippen LogP contribution in [0.2, 0.25) is 0 Å². The molecule has 0 aliphatic heterocycles. The molecule has 2 aromatic heterocycles. The molecule has 0 bridgehead atoms. The van der Waals surface area contributed by atoms with Crippen molar-refractivity contribution in [3.05, 3.63) is 60.2 Å². The summed E-state index contributed by atoms with van der Waals surface area (Å²) in [5.74, 6) is 0.520. The van der Waals surface area contributed by atoms with Crippen LogP contribution in [0.4, 0.5) is 5.82 Å². The van der Waals surface area contributed by atoms with Gasteiger partial charge in [0.1, 0.15) is 5.82 Å². The molecule has 0 aliphatic rings. The first-order chi connectivity index (χ1) is 9.63. The molecule has 1 aromatic carbocycles. The van der Waals surface area contributed by atoms with Crippen molar-refractivity contribution in [2.45, 2.75) is 13.8 Å². The van der Waals surface area contributed by atoms with Crippen molar-refractivity contribution in [1.29, 1.82) is 0 Å². The Bertz CT molecular complexity index is 721. The second-order valence-electron chi connectivity index (χ2n) is 4.97. The van der Waals surface area contributed by atoms with E-state index in [4.69, 9.17) is 5.73 Å². The molecule has 0 fully saturated rings. The summed E-state index contributed by atoms with van der Waals surface area (Å²) < 4.78 is 2.06. The van der Waals surface area contributed by atoms with E-state index in [1.165, 1.54) is 11.1 Å². The van der Waals surface area contributed by atoms with Crippen LogP contribution in [0, 0.1) is 13.8 Å². The minimum atomic E-state index is 0.520. The molecule has 4 heteroatoms. The third-order valence-corrected chi connectivity index (χ3v) is 3.21. The second-order valence-corrected chi connectivity index (χ2v) is 4.97. The molecule has 0 unspecified atom stereocenters. The van der Waals surface area contributed by atoms with Crippen LogP contribution < -0.4 is 5.73 Å². The number of aryl methyl sites for hydroxylation is 2. The summed E-state index contributed by atoms with van der Waals surface area (Å²) in [4.78, 5) is 8.40. The van der Waals surface area contributed by atoms with E-state index in [1.807, 2.05) is 18.6 Å². The van der Waals surface area contributed by atoms with Crippen LogP contribution in [0.1, 0.15) is 11.1 Å². The number of nitrogens with two attached hydrogens (primary N) is 1. The predicted octanol–water partition coefficient (Wildman–Crippen LogP) is 3.13. The van der Waals surface area contributed by atoms with Gasteiger partial charge >= 0.3 is 0 Å². The van der Waals surface area contributed by atoms with Crippen molar-refractivity contribution in [2.24, 2.45) is 0 Å². The number of rotatable bonds is 2. The third kappa shape index (κ3) is 2.28. The summed E-state index contributed by atoms with van der Waals surface area (Å²) in [6.07, 6.45) is 5.43. The normalized spacial score (nSPS) is 10.7. The Labute approximate surface area is 117 Å². The van der Waals surface area contributed by atoms with Crippen LogP contribution >= 0.6 is 0 Å². The number of hydrogen-bond acceptors (Lipinski definition) is 3. The highest BCUT2D eigenvalue weighted by molar-refractivity contribution is 5.62. The van der Waals surface area contributed by atoms with Crippen molar-refractivity contribution in [3.8, 4) is 16.9 Å². The zero-order valence-corrected chi connectivity index (χ0v) is 11.5. The monoisotopic (exact) mass is 264 g/mol. The maximum Gasteiger partial charge on any atom is 0.123 e. The third-order valence-electron chi connectivity index (χ3n) is 3.21. The van der Waals surface area contributed by atoms with Crippen molar-refractivity contribution < 1.29 is 0 Å². The SMILES string of the molecule is Cc1cc(C)cc(-n2cncc2-c2ccc(N)nc2)c1. The minimum Gasteiger partial charge on any atom is -0.384 e. The van der Waals surface area contributed by atoms with Crippen molar-refractivity contribution in [1.82, 2.24) is 14.5 Å². The van der Waals surface area contributed by atoms with Gasteiger partial charge in [-0.1, -0.05) is 6.07 Å². The molecule has 3 aromatic rings. The first-order valence-corrected chi connectivity index (χ1v) is 6.46. The lowest BCUT2D eigenvalue weighted by Gasteiger charge is -2.10. The van der Waals surface area contributed by atoms with Gasteiger partial charge in [-0.15, -0.1) is 0 Å². The van der Waals surface area contributed by atoms with Gasteiger partial charge in [-0.05, 0) is 49.2 Å². The smallest absolute Gasteiger partial charge is 0.123 e. The average Bonchev–Trinajstić information content (AvgIpc) is 2.87. The fraction of sp³-hybridized carbons (Fsp3) is 0.125. The predicted molar refractivity (Wildman–Crippen MR) is 80.7 cm³/mol. The largest absolute Gasteiger partial charge is 0.384 e. The van der Waals surface area contributed by atoms with Crippen molar-refractivity contribution in [2.75, 3.05) is 5.73 Å². The Morgan fingerprint density at radius 2 is 1.75 bits per heavy atom. The number of pyridine rings is 1. The van der Waals surface area contributed by atoms with Crippen LogP contribution in [0.5, 0.6) is 0 Å². The van der Waals surface area contributed by atoms with Gasteiger partial charge in [0.05, 0.1) is 18.2 Å². The molecule has 4 nitrogen and oxygen atoms in total. The molecule has 0 amide bonds. The molecule has 0 aliphatic carbocycles. The average molecular weight is 264 g/mol. The van der Waals surface area contributed by atoms with Gasteiger partial charge in [-0.2, -0.15) is 0 Å². The van der Waals surface area contributed by atoms with Gasteiger partial charge in [-0.25, -0.2) is 9.97 Å². The fourth-order valence-electron chi connectivity index (χ4n) is 2.36. The molecule has 2 N–H and O–H groups in total. The highest BCUT2D eigenvalue weighted by Crippen LogP contribution is 2.23. The first kappa shape index (κ1) is 12.4. The standard InChI is InChI=1S/C16H16N4/c1-11-5-12(2)7-14(6-11)20-10-18-9-15(20)13-3-4-16(17)19-8-13/h3-10H,1-2H3,(H2,17,19). The summed E-state index contributed by atoms with van der Waals surface area (Å²) in [7, 11) is 0. The molecule has 0 saturated carbocycles. The van der Waals surface area contributed by atoms with E-state index in [0.717, 1.165) is 16.9 Å². The Kier molecular flexibility index (Phi) is 2.99. The van der Waals surface area contributed by atoms with Crippen LogP contribution in [-0.2, 0) is 0 Å². The maximum atomic E-state index is 5.64. The summed E-state index contributed by atoms with van der Waals surface area (Å²) >= 11 is 0. The molecule has 20 heavy (non-hydrogen) atoms. The molecule has 2 heterocycles. The first-order valence-electron chi connectivity index (χ1n) is 6.46. The quantitative estimate of drug-likeness (QED) is 0.773. The van der Waals surface area contributed by atoms with Gasteiger partial charge in [0.2, 0.25) is 0 Å². The van der Waals surface area contributed by atoms with E-state index >= 15 is 0 Å². The van der Waals surface area contributed by atoms with E-state index < -0.39 is 0 Å². The number of hydrogen-bond donors (Lipinski definition) is 1. The molecule has 100 valence electrons. The number of imidazole rings is 1. The molecular formula is C16H16N4. The number of nitrogen functional groups attached to an aromatic ring is 1. The Morgan fingerprint density at radius 3 is 2.40 bits per heavy atom. The Morgan fingerprint density at radius 1 is 1.00 bits per heavy atom. The van der Waals surface area contributed by atoms with Crippen LogP contribution in [0.15, 0.2) is 49.1 Å². The van der Waals surface area contributed by atoms with E-state index in [-0.39, 0.29) is 0 Å². The van der Waals surface area contributed by atoms with Gasteiger partial charge in [0.25, 0.3) is 0 Å². The Hall–Kier alpha value is -2.62. The molecule has 0 saturated heterocycles. The molecular weight excluding hydrogens is 248 g/mol. The second kappa shape index (κ2) is 4.81. The van der Waals surface area contributed by atoms with Crippen LogP contribution in [0.3, 0.4) is 0 Å². The highest BCUT2D eigenvalue weighted by atomic mass is 15.1. The number of aromatic nitrogens is 3. The number of anilines is 1. The molecule has 3 rings (SSSR count). The lowest BCUT2D eigenvalue weighted by molar-refractivity contribution is 1.05. The summed E-state index contributed by atoms with van der Waals surface area (Å²) in [6, 6.07) is 10.2. The molecule has 0 spiro atoms. The number of nitrogens with zero attached hydrogens (tertiary/aromatic N) is 3. The topological polar surface area (TPSA) is 56.7 Å². The summed E-state index contributed by atoms with van der Waals surface area (Å²) in [6.45, 7) is 4.19. The van der Waals surface area contributed by atoms with E-state index in [1.54, 1.807) is 12.3 Å². The van der Waals surface area contributed by atoms with E-state index in [0.29, 0.717) is 5.82 Å². The summed E-state index contributed by atoms with van der Waals surface area (Å²) in [5.41, 5.74) is 11.2. The van der Waals surface area contributed by atoms with Crippen LogP contribution in [0.25, 0.3) is 16.9 Å². The van der Waals surface area contributed by atoms with E-state index in [2.05, 4.69) is 46.6 Å². The van der Waals surface area contributed by atoms with Gasteiger partial charge < -0.3 is 5.73 Å². The van der Waals surface area contributed by atoms with Crippen LogP contribution in [-0.4, -0.2) is 14.5 Å². The zero-order chi connectivity index (χ0) is 14.1. The molecule has 0 atom stereocenters. The zero-order valence-electron chi connectivity index (χ0n) is 11.5. The maximum absolute atomic E-state index is 5.64. The Balaban J connectivity index is 2.12. The number of benzene rings is 1. The van der Waals surface area contributed by atoms with E-state index in [9.17, 15) is 0 Å². The van der Waals surface area contributed by atoms with Crippen molar-refractivity contribution in [3.63, 3.8) is 0 Å². The van der Waals surface area contributed by atoms with Crippen molar-refractivity contribution >= 4 is 5.82 Å².